The van der Waals surface area contributed by atoms with Gasteiger partial charge in [-0.15, -0.1) is 0 Å². The lowest BCUT2D eigenvalue weighted by Gasteiger charge is -2.31. The third kappa shape index (κ3) is 1.59. The zero-order chi connectivity index (χ0) is 14.5. The second kappa shape index (κ2) is 4.47. The third-order valence-electron chi connectivity index (χ3n) is 4.94. The Morgan fingerprint density at radius 1 is 1.00 bits per heavy atom. The van der Waals surface area contributed by atoms with Crippen LogP contribution in [0.25, 0.3) is 10.9 Å². The second-order valence-corrected chi connectivity index (χ2v) is 6.15. The average molecular weight is 287 g/mol. The summed E-state index contributed by atoms with van der Waals surface area (Å²) in [5.41, 5.74) is 5.23. The maximum Gasteiger partial charge on any atom is 0.100 e. The van der Waals surface area contributed by atoms with Crippen molar-refractivity contribution in [2.24, 2.45) is 11.0 Å². The molecule has 2 aromatic carbocycles. The number of nitrogens with zero attached hydrogens (tertiary/aromatic N) is 2. The Bertz CT molecular complexity index is 863. The molecular formula is C19H17N3. The molecule has 3 aromatic rings. The molecule has 0 spiro atoms. The predicted molar refractivity (Wildman–Crippen MR) is 90.3 cm³/mol. The van der Waals surface area contributed by atoms with E-state index >= 15 is 0 Å². The maximum absolute atomic E-state index is 4.71. The van der Waals surface area contributed by atoms with E-state index in [1.807, 2.05) is 0 Å². The Kier molecular flexibility index (Phi) is 2.45. The number of anilines is 1. The topological polar surface area (TPSA) is 31.4 Å². The van der Waals surface area contributed by atoms with Crippen molar-refractivity contribution in [3.05, 3.63) is 65.9 Å². The number of hydrogen-bond acceptors (Lipinski definition) is 2. The summed E-state index contributed by atoms with van der Waals surface area (Å²) in [5.74, 6) is 0.501. The molecule has 1 N–H and O–H groups in total. The molecule has 1 aromatic heterocycles. The molecular weight excluding hydrogens is 270 g/mol. The van der Waals surface area contributed by atoms with Crippen LogP contribution in [-0.2, 0) is 6.42 Å². The van der Waals surface area contributed by atoms with Crippen LogP contribution in [0.2, 0.25) is 0 Å². The van der Waals surface area contributed by atoms with Crippen LogP contribution in [0.5, 0.6) is 0 Å². The molecule has 0 amide bonds. The van der Waals surface area contributed by atoms with Gasteiger partial charge < -0.3 is 4.98 Å². The number of hydrazone groups is 1. The molecule has 1 aliphatic carbocycles. The van der Waals surface area contributed by atoms with Gasteiger partial charge in [0.15, 0.2) is 0 Å². The Hall–Kier alpha value is -2.55. The van der Waals surface area contributed by atoms with Crippen LogP contribution in [-0.4, -0.2) is 11.2 Å². The van der Waals surface area contributed by atoms with Crippen LogP contribution < -0.4 is 5.01 Å². The first-order chi connectivity index (χ1) is 10.9. The van der Waals surface area contributed by atoms with Crippen LogP contribution in [0.15, 0.2) is 59.7 Å². The summed E-state index contributed by atoms with van der Waals surface area (Å²) in [7, 11) is 0. The van der Waals surface area contributed by atoms with Crippen LogP contribution in [0, 0.1) is 5.92 Å². The van der Waals surface area contributed by atoms with Gasteiger partial charge in [0.2, 0.25) is 0 Å². The molecule has 0 fully saturated rings. The van der Waals surface area contributed by atoms with Gasteiger partial charge >= 0.3 is 0 Å². The Morgan fingerprint density at radius 2 is 1.82 bits per heavy atom. The third-order valence-corrected chi connectivity index (χ3v) is 4.94. The van der Waals surface area contributed by atoms with Crippen molar-refractivity contribution in [3.63, 3.8) is 0 Å². The number of para-hydroxylation sites is 2. The lowest BCUT2D eigenvalue weighted by atomic mass is 9.83. The van der Waals surface area contributed by atoms with Gasteiger partial charge in [0.05, 0.1) is 5.69 Å². The van der Waals surface area contributed by atoms with E-state index in [0.717, 1.165) is 12.1 Å². The predicted octanol–water partition coefficient (Wildman–Crippen LogP) is 4.28. The van der Waals surface area contributed by atoms with Gasteiger partial charge in [-0.25, -0.2) is 0 Å². The van der Waals surface area contributed by atoms with Gasteiger partial charge in [-0.2, -0.15) is 5.10 Å². The van der Waals surface area contributed by atoms with E-state index in [4.69, 9.17) is 5.10 Å². The first-order valence-electron chi connectivity index (χ1n) is 7.90. The summed E-state index contributed by atoms with van der Waals surface area (Å²) < 4.78 is 0. The van der Waals surface area contributed by atoms with Gasteiger partial charge in [-0.05, 0) is 36.6 Å². The Balaban J connectivity index is 1.67. The van der Waals surface area contributed by atoms with Crippen molar-refractivity contribution in [1.82, 2.24) is 4.98 Å². The minimum Gasteiger partial charge on any atom is -0.356 e. The van der Waals surface area contributed by atoms with Crippen LogP contribution in [0.1, 0.15) is 23.7 Å². The normalized spacial score (nSPS) is 22.8. The molecule has 1 aliphatic heterocycles. The van der Waals surface area contributed by atoms with Gasteiger partial charge in [0, 0.05) is 28.7 Å². The van der Waals surface area contributed by atoms with Gasteiger partial charge in [0.1, 0.15) is 6.04 Å². The molecule has 0 bridgehead atoms. The highest BCUT2D eigenvalue weighted by Crippen LogP contribution is 2.45. The van der Waals surface area contributed by atoms with E-state index in [0.29, 0.717) is 12.0 Å². The summed E-state index contributed by atoms with van der Waals surface area (Å²) in [6, 6.07) is 19.4. The lowest BCUT2D eigenvalue weighted by molar-refractivity contribution is 0.482. The largest absolute Gasteiger partial charge is 0.356 e. The van der Waals surface area contributed by atoms with Crippen molar-refractivity contribution < 1.29 is 0 Å². The number of rotatable bonds is 1. The Morgan fingerprint density at radius 3 is 2.73 bits per heavy atom. The highest BCUT2D eigenvalue weighted by molar-refractivity contribution is 5.86. The number of nitrogens with one attached hydrogen (secondary N) is 1. The molecule has 0 saturated heterocycles. The number of aryl methyl sites for hydroxylation is 1. The summed E-state index contributed by atoms with van der Waals surface area (Å²) in [6.45, 7) is 0. The van der Waals surface area contributed by atoms with E-state index in [9.17, 15) is 0 Å². The number of hydrogen-bond donors (Lipinski definition) is 1. The average Bonchev–Trinajstić information content (AvgIpc) is 3.16. The number of H-pyrrole nitrogens is 1. The number of aromatic nitrogens is 1. The van der Waals surface area contributed by atoms with Crippen molar-refractivity contribution in [3.8, 4) is 0 Å². The maximum atomic E-state index is 4.71. The number of aromatic amines is 1. The minimum atomic E-state index is 0.304. The second-order valence-electron chi connectivity index (χ2n) is 6.15. The quantitative estimate of drug-likeness (QED) is 0.711. The monoisotopic (exact) mass is 287 g/mol. The fourth-order valence-corrected chi connectivity index (χ4v) is 3.92. The van der Waals surface area contributed by atoms with E-state index < -0.39 is 0 Å². The zero-order valence-electron chi connectivity index (χ0n) is 12.2. The molecule has 3 heteroatoms. The SMILES string of the molecule is C1=NN(c2ccccc2)[C@@H]2c3[nH]c4ccccc4c3CC[C@H]12. The van der Waals surface area contributed by atoms with Crippen molar-refractivity contribution in [1.29, 1.82) is 0 Å². The zero-order valence-corrected chi connectivity index (χ0v) is 12.2. The summed E-state index contributed by atoms with van der Waals surface area (Å²) >= 11 is 0. The lowest BCUT2D eigenvalue weighted by Crippen LogP contribution is -2.28. The van der Waals surface area contributed by atoms with Crippen molar-refractivity contribution in [2.75, 3.05) is 5.01 Å². The molecule has 2 heterocycles. The smallest absolute Gasteiger partial charge is 0.100 e. The number of benzene rings is 2. The molecule has 22 heavy (non-hydrogen) atoms. The van der Waals surface area contributed by atoms with Gasteiger partial charge in [-0.3, -0.25) is 5.01 Å². The highest BCUT2D eigenvalue weighted by atomic mass is 15.5. The molecule has 5 rings (SSSR count). The molecule has 0 radical (unpaired) electrons. The fourth-order valence-electron chi connectivity index (χ4n) is 3.92. The van der Waals surface area contributed by atoms with E-state index in [2.05, 4.69) is 70.8 Å². The molecule has 2 atom stereocenters. The first kappa shape index (κ1) is 12.0. The van der Waals surface area contributed by atoms with E-state index in [1.54, 1.807) is 0 Å². The van der Waals surface area contributed by atoms with E-state index in [1.165, 1.54) is 28.6 Å². The van der Waals surface area contributed by atoms with Crippen LogP contribution in [0.4, 0.5) is 5.69 Å². The molecule has 3 nitrogen and oxygen atoms in total. The van der Waals surface area contributed by atoms with Gasteiger partial charge in [-0.1, -0.05) is 36.4 Å². The molecule has 2 aliphatic rings. The Labute approximate surface area is 129 Å². The summed E-state index contributed by atoms with van der Waals surface area (Å²) in [6.07, 6.45) is 4.44. The van der Waals surface area contributed by atoms with E-state index in [-0.39, 0.29) is 0 Å². The molecule has 108 valence electrons. The summed E-state index contributed by atoms with van der Waals surface area (Å²) in [4.78, 5) is 3.67. The fraction of sp³-hybridized carbons (Fsp3) is 0.211. The summed E-state index contributed by atoms with van der Waals surface area (Å²) in [5, 5.41) is 8.26. The molecule has 0 unspecified atom stereocenters. The van der Waals surface area contributed by atoms with Crippen molar-refractivity contribution >= 4 is 22.8 Å². The van der Waals surface area contributed by atoms with Crippen LogP contribution >= 0.6 is 0 Å². The van der Waals surface area contributed by atoms with Crippen molar-refractivity contribution in [2.45, 2.75) is 18.9 Å². The first-order valence-corrected chi connectivity index (χ1v) is 7.90. The molecule has 0 saturated carbocycles. The van der Waals surface area contributed by atoms with Crippen LogP contribution in [0.3, 0.4) is 0 Å². The minimum absolute atomic E-state index is 0.304. The standard InChI is InChI=1S/C19H17N3/c1-2-6-14(7-3-1)22-19-13(12-20-22)10-11-16-15-8-4-5-9-17(15)21-18(16)19/h1-9,12-13,19,21H,10-11H2/t13-,19+/m1/s1. The highest BCUT2D eigenvalue weighted by Gasteiger charge is 2.39. The van der Waals surface area contributed by atoms with Gasteiger partial charge in [0.25, 0.3) is 0 Å². The number of fused-ring (bicyclic) bond motifs is 5.